The number of hydrogen-bond acceptors (Lipinski definition) is 3. The first-order valence-corrected chi connectivity index (χ1v) is 10.2. The number of aliphatic hydroxyl groups is 1. The minimum atomic E-state index is -5.04. The zero-order chi connectivity index (χ0) is 21.4. The highest BCUT2D eigenvalue weighted by molar-refractivity contribution is 14.1. The molecule has 29 heavy (non-hydrogen) atoms. The summed E-state index contributed by atoms with van der Waals surface area (Å²) in [6.45, 7) is 0.441. The summed E-state index contributed by atoms with van der Waals surface area (Å²) in [5, 5.41) is 15.6. The molecule has 3 rings (SSSR count). The summed E-state index contributed by atoms with van der Waals surface area (Å²) < 4.78 is 39.2. The van der Waals surface area contributed by atoms with Crippen LogP contribution in [0.5, 0.6) is 0 Å². The van der Waals surface area contributed by atoms with E-state index in [-0.39, 0.29) is 11.9 Å². The maximum Gasteiger partial charge on any atom is 0.426 e. The summed E-state index contributed by atoms with van der Waals surface area (Å²) in [6, 6.07) is 5.03. The number of halogens is 4. The van der Waals surface area contributed by atoms with Gasteiger partial charge in [-0.1, -0.05) is 0 Å². The molecule has 0 aliphatic heterocycles. The first-order valence-electron chi connectivity index (χ1n) is 9.16. The number of rotatable bonds is 4. The Morgan fingerprint density at radius 1 is 1.14 bits per heavy atom. The zero-order valence-corrected chi connectivity index (χ0v) is 17.7. The van der Waals surface area contributed by atoms with Crippen molar-refractivity contribution in [2.45, 2.75) is 56.5 Å². The lowest BCUT2D eigenvalue weighted by Crippen LogP contribution is -2.57. The lowest BCUT2D eigenvalue weighted by molar-refractivity contribution is -0.245. The van der Waals surface area contributed by atoms with Crippen LogP contribution in [0.3, 0.4) is 0 Å². The van der Waals surface area contributed by atoms with Crippen LogP contribution in [0, 0.1) is 3.57 Å². The van der Waals surface area contributed by atoms with Crippen LogP contribution in [0.2, 0.25) is 0 Å². The third-order valence-electron chi connectivity index (χ3n) is 5.26. The van der Waals surface area contributed by atoms with Crippen molar-refractivity contribution in [1.29, 1.82) is 0 Å². The van der Waals surface area contributed by atoms with E-state index in [4.69, 9.17) is 0 Å². The molecule has 1 saturated carbocycles. The van der Waals surface area contributed by atoms with Gasteiger partial charge in [0.05, 0.1) is 11.1 Å². The third kappa shape index (κ3) is 4.68. The smallest absolute Gasteiger partial charge is 0.373 e. The normalized spacial score (nSPS) is 22.1. The average Bonchev–Trinajstić information content (AvgIpc) is 3.09. The van der Waals surface area contributed by atoms with E-state index >= 15 is 0 Å². The van der Waals surface area contributed by atoms with Gasteiger partial charge in [-0.25, -0.2) is 0 Å². The van der Waals surface area contributed by atoms with Gasteiger partial charge in [0.1, 0.15) is 0 Å². The lowest BCUT2D eigenvalue weighted by atomic mass is 9.90. The van der Waals surface area contributed by atoms with Crippen LogP contribution in [0.1, 0.15) is 43.0 Å². The third-order valence-corrected chi connectivity index (χ3v) is 5.88. The first-order chi connectivity index (χ1) is 13.5. The second-order valence-electron chi connectivity index (χ2n) is 7.46. The Bertz CT molecular complexity index is 918. The predicted molar refractivity (Wildman–Crippen MR) is 109 cm³/mol. The number of fused-ring (bicyclic) bond motifs is 1. The molecule has 2 amide bonds. The number of hydrogen-bond donors (Lipinski definition) is 4. The maximum absolute atomic E-state index is 12.8. The van der Waals surface area contributed by atoms with Crippen molar-refractivity contribution in [1.82, 2.24) is 15.6 Å². The molecular formula is C19H21F3IN3O3. The Balaban J connectivity index is 1.57. The number of amides is 2. The molecule has 1 aromatic carbocycles. The van der Waals surface area contributed by atoms with Gasteiger partial charge in [-0.3, -0.25) is 9.59 Å². The van der Waals surface area contributed by atoms with Crippen LogP contribution in [-0.2, 0) is 4.79 Å². The quantitative estimate of drug-likeness (QED) is 0.464. The van der Waals surface area contributed by atoms with Crippen LogP contribution >= 0.6 is 22.6 Å². The molecule has 1 aromatic heterocycles. The second-order valence-corrected chi connectivity index (χ2v) is 8.71. The van der Waals surface area contributed by atoms with Gasteiger partial charge in [-0.15, -0.1) is 0 Å². The molecule has 1 aliphatic rings. The summed E-state index contributed by atoms with van der Waals surface area (Å²) >= 11 is 2.15. The van der Waals surface area contributed by atoms with Gasteiger partial charge >= 0.3 is 6.18 Å². The average molecular weight is 523 g/mol. The Labute approximate surface area is 178 Å². The van der Waals surface area contributed by atoms with E-state index in [1.165, 1.54) is 0 Å². The van der Waals surface area contributed by atoms with E-state index in [0.717, 1.165) is 14.5 Å². The van der Waals surface area contributed by atoms with Crippen molar-refractivity contribution in [2.24, 2.45) is 0 Å². The highest BCUT2D eigenvalue weighted by Crippen LogP contribution is 2.31. The van der Waals surface area contributed by atoms with E-state index in [2.05, 4.69) is 38.2 Å². The molecule has 1 fully saturated rings. The van der Waals surface area contributed by atoms with Gasteiger partial charge in [0.25, 0.3) is 11.8 Å². The van der Waals surface area contributed by atoms with Gasteiger partial charge in [-0.2, -0.15) is 13.2 Å². The van der Waals surface area contributed by atoms with E-state index in [0.29, 0.717) is 38.2 Å². The maximum atomic E-state index is 12.8. The van der Waals surface area contributed by atoms with Gasteiger partial charge < -0.3 is 20.7 Å². The Morgan fingerprint density at radius 2 is 1.72 bits per heavy atom. The number of aromatic amines is 1. The van der Waals surface area contributed by atoms with E-state index in [1.807, 2.05) is 12.1 Å². The molecule has 1 aliphatic carbocycles. The number of aromatic nitrogens is 1. The first kappa shape index (κ1) is 21.9. The summed E-state index contributed by atoms with van der Waals surface area (Å²) in [5.41, 5.74) is -2.14. The van der Waals surface area contributed by atoms with Crippen molar-refractivity contribution >= 4 is 45.3 Å². The molecule has 0 bridgehead atoms. The van der Waals surface area contributed by atoms with Crippen LogP contribution in [-0.4, -0.2) is 45.8 Å². The minimum absolute atomic E-state index is 0.137. The van der Waals surface area contributed by atoms with E-state index < -0.39 is 23.7 Å². The van der Waals surface area contributed by atoms with Crippen molar-refractivity contribution in [3.8, 4) is 0 Å². The molecule has 0 saturated heterocycles. The van der Waals surface area contributed by atoms with Gasteiger partial charge in [0.15, 0.2) is 0 Å². The second kappa shape index (κ2) is 8.13. The summed E-state index contributed by atoms with van der Waals surface area (Å²) in [6.07, 6.45) is -1.42. The van der Waals surface area contributed by atoms with Crippen LogP contribution in [0.4, 0.5) is 13.2 Å². The number of H-pyrrole nitrogens is 1. The molecule has 1 heterocycles. The molecule has 1 atom stereocenters. The molecule has 1 unspecified atom stereocenters. The predicted octanol–water partition coefficient (Wildman–Crippen LogP) is 3.24. The van der Waals surface area contributed by atoms with Gasteiger partial charge in [-0.05, 0) is 73.4 Å². The Kier molecular flexibility index (Phi) is 6.13. The molecule has 0 spiro atoms. The summed E-state index contributed by atoms with van der Waals surface area (Å²) in [4.78, 5) is 27.6. The van der Waals surface area contributed by atoms with E-state index in [1.54, 1.807) is 12.3 Å². The fraction of sp³-hybridized carbons (Fsp3) is 0.474. The fourth-order valence-electron chi connectivity index (χ4n) is 3.41. The van der Waals surface area contributed by atoms with Crippen LogP contribution in [0.15, 0.2) is 24.4 Å². The fourth-order valence-corrected chi connectivity index (χ4v) is 4.06. The Morgan fingerprint density at radius 3 is 2.31 bits per heavy atom. The van der Waals surface area contributed by atoms with E-state index in [9.17, 15) is 27.9 Å². The molecule has 6 nitrogen and oxygen atoms in total. The summed E-state index contributed by atoms with van der Waals surface area (Å²) in [7, 11) is 0. The molecule has 0 radical (unpaired) electrons. The van der Waals surface area contributed by atoms with Gasteiger partial charge in [0, 0.05) is 27.2 Å². The highest BCUT2D eigenvalue weighted by atomic mass is 127. The number of carbonyl (C=O) groups is 2. The van der Waals surface area contributed by atoms with Gasteiger partial charge in [0.2, 0.25) is 5.60 Å². The lowest BCUT2D eigenvalue weighted by Gasteiger charge is -2.32. The SMILES string of the molecule is CC(O)(C(=O)N[C@H]1CC[C@H](NC(=O)c2cc(I)cc3cc[nH]c23)CC1)C(F)(F)F. The minimum Gasteiger partial charge on any atom is -0.373 e. The van der Waals surface area contributed by atoms with Crippen LogP contribution < -0.4 is 10.6 Å². The number of carbonyl (C=O) groups excluding carboxylic acids is 2. The molecule has 10 heteroatoms. The highest BCUT2D eigenvalue weighted by Gasteiger charge is 2.56. The van der Waals surface area contributed by atoms with Crippen molar-refractivity contribution in [3.05, 3.63) is 33.5 Å². The topological polar surface area (TPSA) is 94.2 Å². The monoisotopic (exact) mass is 523 g/mol. The molecule has 158 valence electrons. The molecule has 4 N–H and O–H groups in total. The van der Waals surface area contributed by atoms with Crippen LogP contribution in [0.25, 0.3) is 10.9 Å². The van der Waals surface area contributed by atoms with Crippen molar-refractivity contribution in [2.75, 3.05) is 0 Å². The Hall–Kier alpha value is -1.82. The molecular weight excluding hydrogens is 502 g/mol. The van der Waals surface area contributed by atoms with Crippen molar-refractivity contribution < 1.29 is 27.9 Å². The van der Waals surface area contributed by atoms with Crippen molar-refractivity contribution in [3.63, 3.8) is 0 Å². The zero-order valence-electron chi connectivity index (χ0n) is 15.6. The standard InChI is InChI=1S/C19H21F3IN3O3/c1-18(29,19(20,21)22)17(28)26-13-4-2-12(3-5-13)25-16(27)14-9-11(23)8-10-6-7-24-15(10)14/h6-9,12-13,24,29H,2-5H2,1H3,(H,25,27)(H,26,28)/t12-,13-,18?. The number of benzene rings is 1. The largest absolute Gasteiger partial charge is 0.426 e. The number of nitrogens with one attached hydrogen (secondary N) is 3. The number of alkyl halides is 3. The molecule has 2 aromatic rings. The summed E-state index contributed by atoms with van der Waals surface area (Å²) in [5.74, 6) is -1.67.